The molecule has 230 valence electrons. The van der Waals surface area contributed by atoms with Crippen LogP contribution in [-0.2, 0) is 22.5 Å². The van der Waals surface area contributed by atoms with Gasteiger partial charge in [0, 0.05) is 12.1 Å². The molecule has 2 aromatic carbocycles. The van der Waals surface area contributed by atoms with Gasteiger partial charge in [0.1, 0.15) is 11.9 Å². The van der Waals surface area contributed by atoms with Crippen molar-refractivity contribution in [2.75, 3.05) is 13.7 Å². The molecular weight excluding hydrogens is 560 g/mol. The Hall–Kier alpha value is -3.17. The molecule has 0 spiro atoms. The van der Waals surface area contributed by atoms with Crippen molar-refractivity contribution >= 4 is 11.7 Å². The molecule has 0 N–H and O–H groups in total. The summed E-state index contributed by atoms with van der Waals surface area (Å²) in [4.78, 5) is 14.5. The van der Waals surface area contributed by atoms with Gasteiger partial charge in [0.25, 0.3) is 0 Å². The Morgan fingerprint density at radius 3 is 2.07 bits per heavy atom. The van der Waals surface area contributed by atoms with Crippen LogP contribution >= 0.6 is 0 Å². The molecule has 0 saturated carbocycles. The number of amides is 1. The summed E-state index contributed by atoms with van der Waals surface area (Å²) in [6, 6.07) is 6.56. The average Bonchev–Trinajstić information content (AvgIpc) is 3.14. The molecule has 10 heteroatoms. The number of halogens is 6. The molecule has 4 rings (SSSR count). The van der Waals surface area contributed by atoms with Crippen LogP contribution < -0.4 is 4.74 Å². The van der Waals surface area contributed by atoms with E-state index in [-0.39, 0.29) is 29.0 Å². The van der Waals surface area contributed by atoms with E-state index in [0.717, 1.165) is 35.1 Å². The SMILES string of the molecule is COc1ccc(C(C)(C)C)cc1C1=C(CN2C(=O)OC(c3cc(C(F)(F)F)cc(C(F)(F)F)c3)[C@@H]2C)CC(C)(C)CC1. The number of ether oxygens (including phenoxy) is 2. The van der Waals surface area contributed by atoms with Gasteiger partial charge in [-0.2, -0.15) is 26.3 Å². The van der Waals surface area contributed by atoms with E-state index >= 15 is 0 Å². The maximum absolute atomic E-state index is 13.5. The van der Waals surface area contributed by atoms with E-state index in [9.17, 15) is 31.1 Å². The van der Waals surface area contributed by atoms with Crippen LogP contribution in [0.4, 0.5) is 31.1 Å². The van der Waals surface area contributed by atoms with E-state index in [4.69, 9.17) is 9.47 Å². The first-order valence-corrected chi connectivity index (χ1v) is 13.9. The van der Waals surface area contributed by atoms with Crippen molar-refractivity contribution in [1.29, 1.82) is 0 Å². The Balaban J connectivity index is 1.76. The number of hydrogen-bond acceptors (Lipinski definition) is 3. The van der Waals surface area contributed by atoms with Crippen LogP contribution in [0.1, 0.15) is 94.7 Å². The fourth-order valence-corrected chi connectivity index (χ4v) is 5.81. The second kappa shape index (κ2) is 10.8. The molecule has 2 atom stereocenters. The highest BCUT2D eigenvalue weighted by Crippen LogP contribution is 2.47. The highest BCUT2D eigenvalue weighted by Gasteiger charge is 2.44. The standard InChI is InChI=1S/C32H37F6NO3/c1-18-27(19-12-22(31(33,34)35)14-23(13-19)32(36,37)38)42-28(40)39(18)17-20-16-30(5,6)11-10-24(20)25-15-21(29(2,3)4)8-9-26(25)41-7/h8-9,12-15,18,27H,10-11,16-17H2,1-7H3/t18-,27?/m0/s1. The van der Waals surface area contributed by atoms with Crippen LogP contribution in [0.25, 0.3) is 5.57 Å². The topological polar surface area (TPSA) is 38.8 Å². The second-order valence-electron chi connectivity index (χ2n) is 13.1. The summed E-state index contributed by atoms with van der Waals surface area (Å²) in [7, 11) is 1.59. The number of nitrogens with zero attached hydrogens (tertiary/aromatic N) is 1. The number of rotatable bonds is 5. The zero-order chi connectivity index (χ0) is 31.4. The molecule has 0 radical (unpaired) electrons. The van der Waals surface area contributed by atoms with Gasteiger partial charge in [-0.1, -0.05) is 40.7 Å². The summed E-state index contributed by atoms with van der Waals surface area (Å²) in [5, 5.41) is 0. The van der Waals surface area contributed by atoms with Gasteiger partial charge in [-0.25, -0.2) is 4.79 Å². The molecule has 42 heavy (non-hydrogen) atoms. The van der Waals surface area contributed by atoms with Crippen molar-refractivity contribution < 1.29 is 40.6 Å². The molecule has 1 saturated heterocycles. The van der Waals surface area contributed by atoms with Gasteiger partial charge in [0.2, 0.25) is 0 Å². The van der Waals surface area contributed by atoms with Crippen LogP contribution in [0, 0.1) is 5.41 Å². The number of hydrogen-bond donors (Lipinski definition) is 0. The summed E-state index contributed by atoms with van der Waals surface area (Å²) in [6.07, 6.45) is -9.85. The number of carbonyl (C=O) groups excluding carboxylic acids is 1. The smallest absolute Gasteiger partial charge is 0.416 e. The number of alkyl halides is 6. The van der Waals surface area contributed by atoms with Gasteiger partial charge in [0.15, 0.2) is 0 Å². The van der Waals surface area contributed by atoms with Crippen molar-refractivity contribution in [3.63, 3.8) is 0 Å². The average molecular weight is 598 g/mol. The molecule has 1 amide bonds. The Bertz CT molecular complexity index is 1350. The Morgan fingerprint density at radius 1 is 0.952 bits per heavy atom. The van der Waals surface area contributed by atoms with E-state index in [1.807, 2.05) is 12.1 Å². The molecule has 1 unspecified atom stereocenters. The summed E-state index contributed by atoms with van der Waals surface area (Å²) >= 11 is 0. The van der Waals surface area contributed by atoms with Gasteiger partial charge in [0.05, 0.1) is 24.3 Å². The van der Waals surface area contributed by atoms with Crippen molar-refractivity contribution in [2.45, 2.75) is 90.7 Å². The lowest BCUT2D eigenvalue weighted by atomic mass is 9.72. The minimum atomic E-state index is -5.00. The maximum Gasteiger partial charge on any atom is 0.416 e. The fourth-order valence-electron chi connectivity index (χ4n) is 5.81. The molecule has 1 heterocycles. The van der Waals surface area contributed by atoms with Gasteiger partial charge >= 0.3 is 18.4 Å². The van der Waals surface area contributed by atoms with E-state index < -0.39 is 41.7 Å². The van der Waals surface area contributed by atoms with Crippen LogP contribution in [-0.4, -0.2) is 30.7 Å². The molecule has 2 aromatic rings. The first kappa shape index (κ1) is 31.8. The van der Waals surface area contributed by atoms with Crippen LogP contribution in [0.15, 0.2) is 42.0 Å². The van der Waals surface area contributed by atoms with Crippen molar-refractivity contribution in [3.05, 3.63) is 69.8 Å². The molecule has 2 aliphatic rings. The lowest BCUT2D eigenvalue weighted by Crippen LogP contribution is -2.35. The summed E-state index contributed by atoms with van der Waals surface area (Å²) in [5.74, 6) is 0.689. The van der Waals surface area contributed by atoms with Gasteiger partial charge < -0.3 is 9.47 Å². The number of methoxy groups -OCH3 is 1. The minimum absolute atomic E-state index is 0.0724. The van der Waals surface area contributed by atoms with E-state index in [1.165, 1.54) is 4.90 Å². The first-order chi connectivity index (χ1) is 19.2. The molecule has 1 aliphatic heterocycles. The van der Waals surface area contributed by atoms with E-state index in [1.54, 1.807) is 14.0 Å². The number of carbonyl (C=O) groups is 1. The van der Waals surface area contributed by atoms with Crippen molar-refractivity contribution in [1.82, 2.24) is 4.90 Å². The largest absolute Gasteiger partial charge is 0.496 e. The highest BCUT2D eigenvalue weighted by molar-refractivity contribution is 5.77. The minimum Gasteiger partial charge on any atom is -0.496 e. The quantitative estimate of drug-likeness (QED) is 0.322. The summed E-state index contributed by atoms with van der Waals surface area (Å²) in [5.41, 5.74) is 0.558. The molecule has 0 bridgehead atoms. The number of allylic oxidation sites excluding steroid dienone is 1. The Kier molecular flexibility index (Phi) is 8.19. The molecule has 4 nitrogen and oxygen atoms in total. The second-order valence-corrected chi connectivity index (χ2v) is 13.1. The molecule has 1 fully saturated rings. The van der Waals surface area contributed by atoms with E-state index in [2.05, 4.69) is 40.7 Å². The van der Waals surface area contributed by atoms with Crippen LogP contribution in [0.5, 0.6) is 5.75 Å². The van der Waals surface area contributed by atoms with Crippen LogP contribution in [0.3, 0.4) is 0 Å². The van der Waals surface area contributed by atoms with Gasteiger partial charge in [-0.3, -0.25) is 4.90 Å². The lowest BCUT2D eigenvalue weighted by Gasteiger charge is -2.36. The monoisotopic (exact) mass is 597 g/mol. The predicted molar refractivity (Wildman–Crippen MR) is 148 cm³/mol. The first-order valence-electron chi connectivity index (χ1n) is 13.9. The van der Waals surface area contributed by atoms with Crippen LogP contribution in [0.2, 0.25) is 0 Å². The normalized spacial score (nSPS) is 21.5. The van der Waals surface area contributed by atoms with Crippen molar-refractivity contribution in [3.8, 4) is 5.75 Å². The molecule has 1 aliphatic carbocycles. The van der Waals surface area contributed by atoms with Crippen molar-refractivity contribution in [2.24, 2.45) is 5.41 Å². The third kappa shape index (κ3) is 6.57. The Labute approximate surface area is 242 Å². The fraction of sp³-hybridized carbons (Fsp3) is 0.531. The number of cyclic esters (lactones) is 1. The zero-order valence-corrected chi connectivity index (χ0v) is 24.9. The maximum atomic E-state index is 13.5. The van der Waals surface area contributed by atoms with Gasteiger partial charge in [-0.15, -0.1) is 0 Å². The molecular formula is C32H37F6NO3. The third-order valence-electron chi connectivity index (χ3n) is 8.25. The zero-order valence-electron chi connectivity index (χ0n) is 24.9. The number of benzene rings is 2. The van der Waals surface area contributed by atoms with E-state index in [0.29, 0.717) is 24.3 Å². The highest BCUT2D eigenvalue weighted by atomic mass is 19.4. The molecule has 0 aromatic heterocycles. The van der Waals surface area contributed by atoms with Gasteiger partial charge in [-0.05, 0) is 89.6 Å². The predicted octanol–water partition coefficient (Wildman–Crippen LogP) is 9.58. The summed E-state index contributed by atoms with van der Waals surface area (Å²) < 4.78 is 92.3. The summed E-state index contributed by atoms with van der Waals surface area (Å²) in [6.45, 7) is 12.3. The lowest BCUT2D eigenvalue weighted by molar-refractivity contribution is -0.143. The Morgan fingerprint density at radius 2 is 1.55 bits per heavy atom. The third-order valence-corrected chi connectivity index (χ3v) is 8.25.